The fraction of sp³-hybridized carbons (Fsp3) is 0.167. The van der Waals surface area contributed by atoms with Gasteiger partial charge in [-0.2, -0.15) is 4.52 Å². The molecule has 3 heterocycles. The number of furan rings is 1. The van der Waals surface area contributed by atoms with Gasteiger partial charge in [-0.05, 0) is 36.8 Å². The summed E-state index contributed by atoms with van der Waals surface area (Å²) in [5.41, 5.74) is 1.04. The van der Waals surface area contributed by atoms with Gasteiger partial charge in [-0.3, -0.25) is 14.9 Å². The number of fused-ring (bicyclic) bond motifs is 3. The minimum atomic E-state index is -0.949. The molecule has 4 aromatic rings. The molecule has 0 aliphatic carbocycles. The lowest BCUT2D eigenvalue weighted by Gasteiger charge is -2.08. The van der Waals surface area contributed by atoms with E-state index in [1.54, 1.807) is 30.3 Å². The molecule has 10 heteroatoms. The van der Waals surface area contributed by atoms with Crippen molar-refractivity contribution in [1.82, 2.24) is 19.6 Å². The Balaban J connectivity index is 1.77. The van der Waals surface area contributed by atoms with Gasteiger partial charge in [-0.25, -0.2) is 9.97 Å². The van der Waals surface area contributed by atoms with E-state index in [9.17, 15) is 9.59 Å². The zero-order chi connectivity index (χ0) is 19.7. The number of hydrogen-bond donors (Lipinski definition) is 2. The molecule has 0 atom stereocenters. The fourth-order valence-corrected chi connectivity index (χ4v) is 2.93. The Bertz CT molecular complexity index is 1190. The average molecular weight is 400 g/mol. The van der Waals surface area contributed by atoms with Crippen molar-refractivity contribution in [3.63, 3.8) is 0 Å². The second-order valence-electron chi connectivity index (χ2n) is 6.04. The fourth-order valence-electron chi connectivity index (χ4n) is 2.76. The number of amides is 1. The highest BCUT2D eigenvalue weighted by molar-refractivity contribution is 6.31. The number of anilines is 1. The molecular weight excluding hydrogens is 386 g/mol. The lowest BCUT2D eigenvalue weighted by atomic mass is 10.2. The van der Waals surface area contributed by atoms with Crippen LogP contribution in [-0.4, -0.2) is 36.6 Å². The van der Waals surface area contributed by atoms with Gasteiger partial charge < -0.3 is 9.52 Å². The van der Waals surface area contributed by atoms with Gasteiger partial charge in [0.1, 0.15) is 0 Å². The first-order chi connectivity index (χ1) is 13.5. The highest BCUT2D eigenvalue weighted by atomic mass is 35.5. The number of halogens is 1. The predicted octanol–water partition coefficient (Wildman–Crippen LogP) is 3.38. The SMILES string of the molecule is O=C(O)CCCC(=O)Nc1nc2ccc(Cl)cc2c2nc(-c3ccco3)nn12. The Kier molecular flexibility index (Phi) is 4.66. The molecule has 4 rings (SSSR count). The number of aromatic nitrogens is 4. The van der Waals surface area contributed by atoms with Crippen LogP contribution in [0.4, 0.5) is 5.95 Å². The van der Waals surface area contributed by atoms with Crippen LogP contribution in [0.15, 0.2) is 41.0 Å². The second kappa shape index (κ2) is 7.28. The first-order valence-corrected chi connectivity index (χ1v) is 8.80. The maximum atomic E-state index is 12.2. The number of carboxylic acid groups (broad SMARTS) is 1. The smallest absolute Gasteiger partial charge is 0.303 e. The van der Waals surface area contributed by atoms with Crippen molar-refractivity contribution in [3.05, 3.63) is 41.6 Å². The van der Waals surface area contributed by atoms with E-state index in [4.69, 9.17) is 21.1 Å². The van der Waals surface area contributed by atoms with Crippen LogP contribution in [0.25, 0.3) is 28.1 Å². The highest BCUT2D eigenvalue weighted by Gasteiger charge is 2.17. The summed E-state index contributed by atoms with van der Waals surface area (Å²) in [5, 5.41) is 17.0. The van der Waals surface area contributed by atoms with Gasteiger partial charge in [0.15, 0.2) is 11.4 Å². The van der Waals surface area contributed by atoms with Crippen molar-refractivity contribution in [1.29, 1.82) is 0 Å². The molecule has 0 unspecified atom stereocenters. The molecule has 0 saturated heterocycles. The summed E-state index contributed by atoms with van der Waals surface area (Å²) in [5.74, 6) is -0.331. The third-order valence-electron chi connectivity index (χ3n) is 4.02. The van der Waals surface area contributed by atoms with E-state index in [1.165, 1.54) is 10.8 Å². The lowest BCUT2D eigenvalue weighted by molar-refractivity contribution is -0.137. The average Bonchev–Trinajstić information content (AvgIpc) is 3.31. The third kappa shape index (κ3) is 3.52. The Labute approximate surface area is 163 Å². The number of rotatable bonds is 6. The van der Waals surface area contributed by atoms with Gasteiger partial charge in [0.25, 0.3) is 0 Å². The van der Waals surface area contributed by atoms with Crippen LogP contribution in [0, 0.1) is 0 Å². The molecule has 0 bridgehead atoms. The van der Waals surface area contributed by atoms with Gasteiger partial charge in [0.2, 0.25) is 17.7 Å². The number of aliphatic carboxylic acids is 1. The van der Waals surface area contributed by atoms with Gasteiger partial charge in [-0.15, -0.1) is 5.10 Å². The molecule has 0 spiro atoms. The first-order valence-electron chi connectivity index (χ1n) is 8.43. The van der Waals surface area contributed by atoms with Gasteiger partial charge >= 0.3 is 5.97 Å². The Morgan fingerprint density at radius 2 is 2.07 bits per heavy atom. The summed E-state index contributed by atoms with van der Waals surface area (Å²) < 4.78 is 6.76. The summed E-state index contributed by atoms with van der Waals surface area (Å²) in [7, 11) is 0. The number of hydrogen-bond acceptors (Lipinski definition) is 6. The summed E-state index contributed by atoms with van der Waals surface area (Å²) in [6.45, 7) is 0. The lowest BCUT2D eigenvalue weighted by Crippen LogP contribution is -2.16. The minimum absolute atomic E-state index is 0.0495. The number of carbonyl (C=O) groups excluding carboxylic acids is 1. The van der Waals surface area contributed by atoms with Crippen molar-refractivity contribution >= 4 is 46.0 Å². The van der Waals surface area contributed by atoms with E-state index in [2.05, 4.69) is 20.4 Å². The molecule has 1 aromatic carbocycles. The van der Waals surface area contributed by atoms with E-state index < -0.39 is 5.97 Å². The van der Waals surface area contributed by atoms with Crippen molar-refractivity contribution < 1.29 is 19.1 Å². The quantitative estimate of drug-likeness (QED) is 0.509. The monoisotopic (exact) mass is 399 g/mol. The Morgan fingerprint density at radius 3 is 2.82 bits per heavy atom. The highest BCUT2D eigenvalue weighted by Crippen LogP contribution is 2.26. The van der Waals surface area contributed by atoms with E-state index in [0.29, 0.717) is 33.2 Å². The van der Waals surface area contributed by atoms with Crippen LogP contribution in [0.1, 0.15) is 19.3 Å². The second-order valence-corrected chi connectivity index (χ2v) is 6.48. The molecule has 3 aromatic heterocycles. The van der Waals surface area contributed by atoms with Crippen LogP contribution >= 0.6 is 11.6 Å². The summed E-state index contributed by atoms with van der Waals surface area (Å²) >= 11 is 6.11. The number of carboxylic acids is 1. The molecule has 2 N–H and O–H groups in total. The standard InChI is InChI=1S/C18H14ClN5O4/c19-10-6-7-12-11(9-10)17-22-16(13-3-2-8-28-13)23-24(17)18(20-12)21-14(25)4-1-5-15(26)27/h2-3,6-9H,1,4-5H2,(H,26,27)(H,20,21,25). The van der Waals surface area contributed by atoms with E-state index in [0.717, 1.165) is 0 Å². The molecule has 0 aliphatic heterocycles. The molecule has 0 saturated carbocycles. The zero-order valence-corrected chi connectivity index (χ0v) is 15.2. The zero-order valence-electron chi connectivity index (χ0n) is 14.4. The van der Waals surface area contributed by atoms with Crippen molar-refractivity contribution in [2.24, 2.45) is 0 Å². The minimum Gasteiger partial charge on any atom is -0.481 e. The van der Waals surface area contributed by atoms with Crippen LogP contribution < -0.4 is 5.32 Å². The largest absolute Gasteiger partial charge is 0.481 e. The molecule has 0 fully saturated rings. The van der Waals surface area contributed by atoms with Crippen LogP contribution in [0.2, 0.25) is 5.02 Å². The molecule has 0 radical (unpaired) electrons. The molecule has 28 heavy (non-hydrogen) atoms. The maximum Gasteiger partial charge on any atom is 0.303 e. The maximum absolute atomic E-state index is 12.2. The van der Waals surface area contributed by atoms with Crippen LogP contribution in [-0.2, 0) is 9.59 Å². The van der Waals surface area contributed by atoms with Crippen LogP contribution in [0.3, 0.4) is 0 Å². The summed E-state index contributed by atoms with van der Waals surface area (Å²) in [4.78, 5) is 31.8. The summed E-state index contributed by atoms with van der Waals surface area (Å²) in [6.07, 6.45) is 1.70. The Hall–Kier alpha value is -3.46. The molecule has 0 aliphatic rings. The van der Waals surface area contributed by atoms with Gasteiger partial charge in [0.05, 0.1) is 11.8 Å². The molecule has 1 amide bonds. The number of nitrogens with one attached hydrogen (secondary N) is 1. The normalized spacial score (nSPS) is 11.2. The van der Waals surface area contributed by atoms with E-state index >= 15 is 0 Å². The van der Waals surface area contributed by atoms with Gasteiger partial charge in [0, 0.05) is 23.3 Å². The van der Waals surface area contributed by atoms with Crippen molar-refractivity contribution in [2.45, 2.75) is 19.3 Å². The van der Waals surface area contributed by atoms with Crippen molar-refractivity contribution in [3.8, 4) is 11.6 Å². The number of benzene rings is 1. The molecule has 9 nitrogen and oxygen atoms in total. The summed E-state index contributed by atoms with van der Waals surface area (Å²) in [6, 6.07) is 8.58. The molecule has 142 valence electrons. The number of nitrogens with zero attached hydrogens (tertiary/aromatic N) is 4. The number of carbonyl (C=O) groups is 2. The Morgan fingerprint density at radius 1 is 1.21 bits per heavy atom. The van der Waals surface area contributed by atoms with Crippen LogP contribution in [0.5, 0.6) is 0 Å². The van der Waals surface area contributed by atoms with E-state index in [-0.39, 0.29) is 31.1 Å². The van der Waals surface area contributed by atoms with E-state index in [1.807, 2.05) is 0 Å². The molecular formula is C18H14ClN5O4. The topological polar surface area (TPSA) is 123 Å². The van der Waals surface area contributed by atoms with Gasteiger partial charge in [-0.1, -0.05) is 11.6 Å². The predicted molar refractivity (Wildman–Crippen MR) is 101 cm³/mol. The van der Waals surface area contributed by atoms with Crippen molar-refractivity contribution in [2.75, 3.05) is 5.32 Å². The third-order valence-corrected chi connectivity index (χ3v) is 4.26. The first kappa shape index (κ1) is 17.9.